The van der Waals surface area contributed by atoms with Gasteiger partial charge in [0.2, 0.25) is 5.69 Å². The van der Waals surface area contributed by atoms with E-state index in [-0.39, 0.29) is 0 Å². The van der Waals surface area contributed by atoms with Crippen LogP contribution in [0, 0.1) is 0 Å². The van der Waals surface area contributed by atoms with E-state index in [1.54, 1.807) is 0 Å². The Morgan fingerprint density at radius 2 is 1.52 bits per heavy atom. The van der Waals surface area contributed by atoms with Crippen LogP contribution in [-0.2, 0) is 7.05 Å². The van der Waals surface area contributed by atoms with Gasteiger partial charge in [0.05, 0.1) is 5.39 Å². The lowest BCUT2D eigenvalue weighted by Crippen LogP contribution is -2.33. The lowest BCUT2D eigenvalue weighted by atomic mass is 10.1. The maximum atomic E-state index is 6.20. The number of aromatic nitrogens is 1. The third-order valence-electron chi connectivity index (χ3n) is 5.63. The van der Waals surface area contributed by atoms with Crippen molar-refractivity contribution in [2.45, 2.75) is 13.8 Å². The standard InChI is InChI=1S/C28H29N2O/c1-4-30(5-2)25-19-15-22(16-20-25)14-18-24-21-17-23-10-9-13-27(28(23)29(24)3)31-26-11-7-6-8-12-26/h6-21H,4-5H2,1-3H3/q+1. The quantitative estimate of drug-likeness (QED) is 0.325. The highest BCUT2D eigenvalue weighted by molar-refractivity contribution is 5.83. The molecule has 1 heterocycles. The van der Waals surface area contributed by atoms with Gasteiger partial charge in [0.15, 0.2) is 5.75 Å². The number of pyridine rings is 1. The van der Waals surface area contributed by atoms with Crippen molar-refractivity contribution in [3.05, 3.63) is 96.2 Å². The molecule has 3 heteroatoms. The molecule has 0 radical (unpaired) electrons. The van der Waals surface area contributed by atoms with Crippen LogP contribution in [0.4, 0.5) is 5.69 Å². The van der Waals surface area contributed by atoms with E-state index < -0.39 is 0 Å². The van der Waals surface area contributed by atoms with Crippen LogP contribution in [0.3, 0.4) is 0 Å². The number of para-hydroxylation sites is 2. The lowest BCUT2D eigenvalue weighted by molar-refractivity contribution is -0.646. The highest BCUT2D eigenvalue weighted by Gasteiger charge is 2.16. The van der Waals surface area contributed by atoms with E-state index in [0.29, 0.717) is 0 Å². The molecule has 31 heavy (non-hydrogen) atoms. The van der Waals surface area contributed by atoms with E-state index in [9.17, 15) is 0 Å². The smallest absolute Gasteiger partial charge is 0.255 e. The average Bonchev–Trinajstić information content (AvgIpc) is 2.81. The van der Waals surface area contributed by atoms with Gasteiger partial charge in [0.1, 0.15) is 12.8 Å². The predicted octanol–water partition coefficient (Wildman–Crippen LogP) is 6.47. The molecule has 4 aromatic rings. The van der Waals surface area contributed by atoms with Crippen molar-refractivity contribution in [1.82, 2.24) is 0 Å². The van der Waals surface area contributed by atoms with Crippen LogP contribution in [-0.4, -0.2) is 13.1 Å². The van der Waals surface area contributed by atoms with Gasteiger partial charge in [-0.2, -0.15) is 4.57 Å². The largest absolute Gasteiger partial charge is 0.450 e. The fraction of sp³-hybridized carbons (Fsp3) is 0.179. The Balaban J connectivity index is 1.64. The minimum atomic E-state index is 0.837. The van der Waals surface area contributed by atoms with Crippen molar-refractivity contribution in [3.63, 3.8) is 0 Å². The fourth-order valence-electron chi connectivity index (χ4n) is 3.88. The molecule has 0 atom stereocenters. The highest BCUT2D eigenvalue weighted by Crippen LogP contribution is 2.28. The maximum absolute atomic E-state index is 6.20. The van der Waals surface area contributed by atoms with Gasteiger partial charge in [-0.05, 0) is 68.0 Å². The van der Waals surface area contributed by atoms with Gasteiger partial charge in [-0.15, -0.1) is 0 Å². The molecule has 0 N–H and O–H groups in total. The molecule has 156 valence electrons. The summed E-state index contributed by atoms with van der Waals surface area (Å²) in [7, 11) is 2.09. The molecular formula is C28H29N2O+. The third kappa shape index (κ3) is 4.61. The molecule has 0 aliphatic carbocycles. The molecule has 3 aromatic carbocycles. The first-order valence-corrected chi connectivity index (χ1v) is 10.9. The van der Waals surface area contributed by atoms with Gasteiger partial charge in [0, 0.05) is 30.9 Å². The summed E-state index contributed by atoms with van der Waals surface area (Å²) in [5, 5.41) is 1.15. The second-order valence-corrected chi connectivity index (χ2v) is 7.52. The number of hydrogen-bond donors (Lipinski definition) is 0. The van der Waals surface area contributed by atoms with Gasteiger partial charge in [-0.3, -0.25) is 0 Å². The summed E-state index contributed by atoms with van der Waals surface area (Å²) in [4.78, 5) is 2.35. The molecule has 0 bridgehead atoms. The van der Waals surface area contributed by atoms with E-state index in [0.717, 1.165) is 41.2 Å². The van der Waals surface area contributed by atoms with Crippen LogP contribution in [0.1, 0.15) is 25.1 Å². The number of rotatable bonds is 7. The van der Waals surface area contributed by atoms with Crippen molar-refractivity contribution in [3.8, 4) is 11.5 Å². The topological polar surface area (TPSA) is 16.4 Å². The number of aryl methyl sites for hydroxylation is 1. The van der Waals surface area contributed by atoms with Crippen molar-refractivity contribution in [1.29, 1.82) is 0 Å². The molecular weight excluding hydrogens is 380 g/mol. The van der Waals surface area contributed by atoms with Crippen molar-refractivity contribution in [2.24, 2.45) is 7.05 Å². The molecule has 0 saturated carbocycles. The zero-order valence-corrected chi connectivity index (χ0v) is 18.5. The van der Waals surface area contributed by atoms with Gasteiger partial charge in [-0.25, -0.2) is 0 Å². The Morgan fingerprint density at radius 1 is 0.774 bits per heavy atom. The van der Waals surface area contributed by atoms with Crippen LogP contribution in [0.25, 0.3) is 23.1 Å². The number of fused-ring (bicyclic) bond motifs is 1. The maximum Gasteiger partial charge on any atom is 0.255 e. The second kappa shape index (κ2) is 9.48. The molecule has 0 spiro atoms. The summed E-state index contributed by atoms with van der Waals surface area (Å²) >= 11 is 0. The average molecular weight is 410 g/mol. The zero-order chi connectivity index (χ0) is 21.6. The number of hydrogen-bond acceptors (Lipinski definition) is 2. The van der Waals surface area contributed by atoms with E-state index in [4.69, 9.17) is 4.74 Å². The minimum Gasteiger partial charge on any atom is -0.450 e. The molecule has 0 unspecified atom stereocenters. The minimum absolute atomic E-state index is 0.837. The Hall–Kier alpha value is -3.59. The number of anilines is 1. The summed E-state index contributed by atoms with van der Waals surface area (Å²) in [6.07, 6.45) is 4.32. The summed E-state index contributed by atoms with van der Waals surface area (Å²) in [5.74, 6) is 1.69. The molecule has 0 aliphatic heterocycles. The lowest BCUT2D eigenvalue weighted by Gasteiger charge is -2.20. The van der Waals surface area contributed by atoms with Gasteiger partial charge in [0.25, 0.3) is 5.52 Å². The highest BCUT2D eigenvalue weighted by atomic mass is 16.5. The molecule has 0 fully saturated rings. The first-order valence-electron chi connectivity index (χ1n) is 10.9. The molecule has 4 rings (SSSR count). The van der Waals surface area contributed by atoms with Crippen LogP contribution in [0.5, 0.6) is 11.5 Å². The van der Waals surface area contributed by atoms with E-state index in [1.807, 2.05) is 42.5 Å². The first-order chi connectivity index (χ1) is 15.2. The second-order valence-electron chi connectivity index (χ2n) is 7.52. The number of nitrogens with zero attached hydrogens (tertiary/aromatic N) is 2. The van der Waals surface area contributed by atoms with Crippen molar-refractivity contribution < 1.29 is 9.30 Å². The molecule has 1 aromatic heterocycles. The fourth-order valence-corrected chi connectivity index (χ4v) is 3.88. The van der Waals surface area contributed by atoms with Crippen molar-refractivity contribution >= 4 is 28.7 Å². The summed E-state index contributed by atoms with van der Waals surface area (Å²) < 4.78 is 8.39. The number of ether oxygens (including phenoxy) is 1. The molecule has 3 nitrogen and oxygen atoms in total. The van der Waals surface area contributed by atoms with E-state index >= 15 is 0 Å². The third-order valence-corrected chi connectivity index (χ3v) is 5.63. The Kier molecular flexibility index (Phi) is 6.32. The van der Waals surface area contributed by atoms with Crippen LogP contribution < -0.4 is 14.2 Å². The zero-order valence-electron chi connectivity index (χ0n) is 18.5. The molecule has 0 amide bonds. The Morgan fingerprint density at radius 3 is 2.23 bits per heavy atom. The number of benzene rings is 3. The monoisotopic (exact) mass is 409 g/mol. The van der Waals surface area contributed by atoms with Gasteiger partial charge in [-0.1, -0.05) is 36.4 Å². The molecule has 0 saturated heterocycles. The normalized spacial score (nSPS) is 11.2. The Labute approximate surface area is 184 Å². The SMILES string of the molecule is CCN(CC)c1ccc(/C=C/c2ccc3cccc(Oc4ccccc4)c3[n+]2C)cc1. The van der Waals surface area contributed by atoms with Gasteiger partial charge < -0.3 is 9.64 Å². The first kappa shape index (κ1) is 20.7. The van der Waals surface area contributed by atoms with Gasteiger partial charge >= 0.3 is 0 Å². The molecule has 0 aliphatic rings. The summed E-state index contributed by atoms with van der Waals surface area (Å²) in [5.41, 5.74) is 4.64. The predicted molar refractivity (Wildman–Crippen MR) is 131 cm³/mol. The van der Waals surface area contributed by atoms with Crippen LogP contribution in [0.15, 0.2) is 84.9 Å². The van der Waals surface area contributed by atoms with E-state index in [2.05, 4.69) is 85.0 Å². The summed E-state index contributed by atoms with van der Waals surface area (Å²) in [6.45, 7) is 6.41. The van der Waals surface area contributed by atoms with Crippen LogP contribution >= 0.6 is 0 Å². The van der Waals surface area contributed by atoms with Crippen LogP contribution in [0.2, 0.25) is 0 Å². The summed E-state index contributed by atoms with van der Waals surface area (Å²) in [6, 6.07) is 29.1. The van der Waals surface area contributed by atoms with E-state index in [1.165, 1.54) is 11.3 Å². The van der Waals surface area contributed by atoms with Crippen molar-refractivity contribution in [2.75, 3.05) is 18.0 Å². The Bertz CT molecular complexity index is 1180.